The Kier molecular flexibility index (Phi) is 62.5. The highest BCUT2D eigenvalue weighted by atomic mass is 31.2. The molecule has 0 spiro atoms. The van der Waals surface area contributed by atoms with Gasteiger partial charge < -0.3 is 33.8 Å². The Hall–Kier alpha value is -2.46. The molecule has 548 valence electrons. The lowest BCUT2D eigenvalue weighted by molar-refractivity contribution is -0.161. The summed E-state index contributed by atoms with van der Waals surface area (Å²) >= 11 is 0. The van der Waals surface area contributed by atoms with E-state index in [9.17, 15) is 43.2 Å². The zero-order valence-electron chi connectivity index (χ0n) is 60.2. The van der Waals surface area contributed by atoms with Crippen molar-refractivity contribution in [1.82, 2.24) is 0 Å². The van der Waals surface area contributed by atoms with Crippen LogP contribution in [0.1, 0.15) is 350 Å². The number of allylic oxidation sites excluding steroid dienone is 4. The van der Waals surface area contributed by atoms with E-state index in [1.165, 1.54) is 135 Å². The molecule has 0 saturated heterocycles. The van der Waals surface area contributed by atoms with Gasteiger partial charge in [-0.2, -0.15) is 0 Å². The van der Waals surface area contributed by atoms with Crippen LogP contribution in [0.25, 0.3) is 0 Å². The number of carbonyl (C=O) groups is 4. The van der Waals surface area contributed by atoms with E-state index in [1.54, 1.807) is 0 Å². The molecule has 0 aromatic rings. The molecule has 19 heteroatoms. The third kappa shape index (κ3) is 67.9. The molecule has 3 N–H and O–H groups in total. The summed E-state index contributed by atoms with van der Waals surface area (Å²) in [6.45, 7) is 11.7. The van der Waals surface area contributed by atoms with Crippen LogP contribution in [-0.4, -0.2) is 96.7 Å². The Balaban J connectivity index is 5.28. The normalized spacial score (nSPS) is 14.3. The summed E-state index contributed by atoms with van der Waals surface area (Å²) in [6.07, 6.45) is 52.3. The van der Waals surface area contributed by atoms with Gasteiger partial charge in [0.2, 0.25) is 0 Å². The molecule has 0 aliphatic rings. The topological polar surface area (TPSA) is 237 Å². The highest BCUT2D eigenvalue weighted by Crippen LogP contribution is 2.45. The molecule has 0 aliphatic heterocycles. The first kappa shape index (κ1) is 90.5. The first-order valence-electron chi connectivity index (χ1n) is 37.7. The predicted molar refractivity (Wildman–Crippen MR) is 377 cm³/mol. The summed E-state index contributed by atoms with van der Waals surface area (Å²) in [7, 11) is -9.92. The summed E-state index contributed by atoms with van der Waals surface area (Å²) in [5.74, 6) is 0.0627. The Morgan fingerprint density at radius 3 is 0.871 bits per heavy atom. The van der Waals surface area contributed by atoms with Crippen molar-refractivity contribution in [3.8, 4) is 0 Å². The van der Waals surface area contributed by atoms with Crippen LogP contribution in [0.5, 0.6) is 0 Å². The van der Waals surface area contributed by atoms with E-state index in [1.807, 2.05) is 0 Å². The fourth-order valence-corrected chi connectivity index (χ4v) is 12.3. The minimum atomic E-state index is -4.96. The number of aliphatic hydroxyl groups is 1. The zero-order valence-corrected chi connectivity index (χ0v) is 62.0. The van der Waals surface area contributed by atoms with Gasteiger partial charge in [0.05, 0.1) is 26.4 Å². The lowest BCUT2D eigenvalue weighted by Gasteiger charge is -2.21. The van der Waals surface area contributed by atoms with Gasteiger partial charge in [-0.1, -0.05) is 297 Å². The summed E-state index contributed by atoms with van der Waals surface area (Å²) in [6, 6.07) is 0. The van der Waals surface area contributed by atoms with Crippen LogP contribution in [-0.2, 0) is 65.4 Å². The highest BCUT2D eigenvalue weighted by Gasteiger charge is 2.30. The van der Waals surface area contributed by atoms with E-state index in [0.29, 0.717) is 31.6 Å². The van der Waals surface area contributed by atoms with Crippen LogP contribution in [0.4, 0.5) is 0 Å². The van der Waals surface area contributed by atoms with Crippen molar-refractivity contribution >= 4 is 39.5 Å². The van der Waals surface area contributed by atoms with Crippen LogP contribution in [0, 0.1) is 17.8 Å². The third-order valence-electron chi connectivity index (χ3n) is 16.5. The largest absolute Gasteiger partial charge is 0.472 e. The number of phosphoric acid groups is 2. The Morgan fingerprint density at radius 2 is 0.581 bits per heavy atom. The predicted octanol–water partition coefficient (Wildman–Crippen LogP) is 21.0. The van der Waals surface area contributed by atoms with Crippen molar-refractivity contribution in [2.45, 2.75) is 369 Å². The number of aliphatic hydroxyl groups excluding tert-OH is 1. The van der Waals surface area contributed by atoms with Gasteiger partial charge in [-0.25, -0.2) is 9.13 Å². The fraction of sp³-hybridized carbons (Fsp3) is 0.892. The average molecular weight is 1360 g/mol. The van der Waals surface area contributed by atoms with Gasteiger partial charge in [-0.3, -0.25) is 37.3 Å². The summed E-state index contributed by atoms with van der Waals surface area (Å²) in [5, 5.41) is 10.6. The molecule has 17 nitrogen and oxygen atoms in total. The number of hydrogen-bond donors (Lipinski definition) is 3. The molecule has 0 rings (SSSR count). The van der Waals surface area contributed by atoms with Crippen LogP contribution in [0.2, 0.25) is 0 Å². The number of esters is 4. The van der Waals surface area contributed by atoms with Gasteiger partial charge in [-0.15, -0.1) is 0 Å². The van der Waals surface area contributed by atoms with Gasteiger partial charge >= 0.3 is 39.5 Å². The second kappa shape index (κ2) is 64.2. The maximum Gasteiger partial charge on any atom is 0.472 e. The molecule has 0 amide bonds. The number of carbonyl (C=O) groups excluding carboxylic acids is 4. The molecule has 0 aromatic heterocycles. The standard InChI is InChI=1S/C74H140O17P2/c1-8-9-10-11-12-13-14-15-16-17-23-28-33-41-48-55-71(76)84-61-69(90-74(79)58-51-44-35-30-25-20-22-27-32-39-46-53-66(4)5)63-88-92(80,81)86-59-68(75)60-87-93(82,83)89-64-70(62-85-72(77)56-49-42-37-36-40-47-54-67(6)7)91-73(78)57-50-43-34-29-24-19-18-21-26-31-38-45-52-65(2)3/h13-16,65-70,75H,8-12,17-64H2,1-7H3,(H,80,81)(H,82,83)/b14-13-,16-15-/t68-,69-,70-/m1/s1. The molecule has 2 unspecified atom stereocenters. The molecule has 0 aromatic carbocycles. The Labute approximate surface area is 567 Å². The smallest absolute Gasteiger partial charge is 0.462 e. The van der Waals surface area contributed by atoms with Crippen molar-refractivity contribution < 1.29 is 80.2 Å². The van der Waals surface area contributed by atoms with E-state index >= 15 is 0 Å². The first-order valence-corrected chi connectivity index (χ1v) is 40.7. The van der Waals surface area contributed by atoms with Gasteiger partial charge in [0.1, 0.15) is 19.3 Å². The average Bonchev–Trinajstić information content (AvgIpc) is 1.76. The van der Waals surface area contributed by atoms with Crippen LogP contribution < -0.4 is 0 Å². The molecule has 0 heterocycles. The maximum absolute atomic E-state index is 13.1. The molecule has 93 heavy (non-hydrogen) atoms. The number of ether oxygens (including phenoxy) is 4. The van der Waals surface area contributed by atoms with Gasteiger partial charge in [0, 0.05) is 25.7 Å². The van der Waals surface area contributed by atoms with Crippen LogP contribution in [0.15, 0.2) is 24.3 Å². The lowest BCUT2D eigenvalue weighted by Crippen LogP contribution is -2.30. The van der Waals surface area contributed by atoms with Crippen molar-refractivity contribution in [2.24, 2.45) is 17.8 Å². The molecule has 0 radical (unpaired) electrons. The summed E-state index contributed by atoms with van der Waals surface area (Å²) in [4.78, 5) is 72.7. The number of rotatable bonds is 70. The minimum Gasteiger partial charge on any atom is -0.462 e. The van der Waals surface area contributed by atoms with Crippen molar-refractivity contribution in [3.05, 3.63) is 24.3 Å². The van der Waals surface area contributed by atoms with Crippen LogP contribution in [0.3, 0.4) is 0 Å². The molecule has 0 fully saturated rings. The Bertz CT molecular complexity index is 1910. The van der Waals surface area contributed by atoms with E-state index in [2.05, 4.69) is 72.8 Å². The molecular weight excluding hydrogens is 1220 g/mol. The van der Waals surface area contributed by atoms with E-state index < -0.39 is 97.5 Å². The summed E-state index contributed by atoms with van der Waals surface area (Å²) in [5.41, 5.74) is 0. The third-order valence-corrected chi connectivity index (χ3v) is 18.4. The lowest BCUT2D eigenvalue weighted by atomic mass is 10.0. The minimum absolute atomic E-state index is 0.0991. The van der Waals surface area contributed by atoms with Crippen molar-refractivity contribution in [1.29, 1.82) is 0 Å². The highest BCUT2D eigenvalue weighted by molar-refractivity contribution is 7.47. The molecule has 0 saturated carbocycles. The maximum atomic E-state index is 13.1. The van der Waals surface area contributed by atoms with Gasteiger partial charge in [0.15, 0.2) is 12.2 Å². The summed E-state index contributed by atoms with van der Waals surface area (Å²) < 4.78 is 68.4. The van der Waals surface area contributed by atoms with Gasteiger partial charge in [-0.05, 0) is 69.1 Å². The van der Waals surface area contributed by atoms with E-state index in [-0.39, 0.29) is 25.7 Å². The Morgan fingerprint density at radius 1 is 0.333 bits per heavy atom. The van der Waals surface area contributed by atoms with E-state index in [4.69, 9.17) is 37.0 Å². The number of phosphoric ester groups is 2. The first-order chi connectivity index (χ1) is 44.7. The zero-order chi connectivity index (χ0) is 68.7. The molecule has 0 aliphatic carbocycles. The second-order valence-electron chi connectivity index (χ2n) is 27.4. The second-order valence-corrected chi connectivity index (χ2v) is 30.3. The van der Waals surface area contributed by atoms with Crippen LogP contribution >= 0.6 is 15.6 Å². The van der Waals surface area contributed by atoms with Crippen molar-refractivity contribution in [2.75, 3.05) is 39.6 Å². The fourth-order valence-electron chi connectivity index (χ4n) is 10.7. The van der Waals surface area contributed by atoms with Crippen molar-refractivity contribution in [3.63, 3.8) is 0 Å². The SMILES string of the molecule is CCCCCC/C=C\C=C/CCCCCCCC(=O)OC[C@H](COP(=O)(O)OC[C@@H](O)COP(=O)(O)OC[C@@H](COC(=O)CCCCCCCCC(C)C)OC(=O)CCCCCCCCCCCCCCC(C)C)OC(=O)CCCCCCCCCCCCCC(C)C. The quantitative estimate of drug-likeness (QED) is 0.0169. The molecular formula is C74H140O17P2. The van der Waals surface area contributed by atoms with Gasteiger partial charge in [0.25, 0.3) is 0 Å². The number of unbranched alkanes of at least 4 members (excludes halogenated alkanes) is 35. The monoisotopic (exact) mass is 1360 g/mol. The van der Waals surface area contributed by atoms with E-state index in [0.717, 1.165) is 127 Å². The number of hydrogen-bond acceptors (Lipinski definition) is 15. The molecule has 0 bridgehead atoms. The molecule has 5 atom stereocenters.